The summed E-state index contributed by atoms with van der Waals surface area (Å²) >= 11 is 0. The van der Waals surface area contributed by atoms with E-state index in [1.165, 1.54) is 43.4 Å². The normalized spacial score (nSPS) is 19.5. The molecule has 17 heavy (non-hydrogen) atoms. The van der Waals surface area contributed by atoms with Gasteiger partial charge in [0, 0.05) is 24.8 Å². The summed E-state index contributed by atoms with van der Waals surface area (Å²) in [4.78, 5) is 0. The lowest BCUT2D eigenvalue weighted by Gasteiger charge is -2.30. The lowest BCUT2D eigenvalue weighted by Crippen LogP contribution is -2.29. The van der Waals surface area contributed by atoms with Gasteiger partial charge in [-0.2, -0.15) is 5.10 Å². The first-order valence-electron chi connectivity index (χ1n) is 6.96. The van der Waals surface area contributed by atoms with Crippen molar-refractivity contribution in [3.05, 3.63) is 17.5 Å². The van der Waals surface area contributed by atoms with Crippen LogP contribution in [-0.4, -0.2) is 16.3 Å². The van der Waals surface area contributed by atoms with Gasteiger partial charge in [0.1, 0.15) is 0 Å². The standard InChI is InChI=1S/C14H25N3/c1-4-15-14(12-8-6-5-7-9-12)13-10-17(3)16-11(13)2/h10,12,14-15H,4-9H2,1-3H3. The second-order valence-electron chi connectivity index (χ2n) is 5.28. The van der Waals surface area contributed by atoms with Gasteiger partial charge in [-0.15, -0.1) is 0 Å². The Morgan fingerprint density at radius 3 is 2.65 bits per heavy atom. The quantitative estimate of drug-likeness (QED) is 0.869. The molecule has 1 aromatic heterocycles. The topological polar surface area (TPSA) is 29.9 Å². The van der Waals surface area contributed by atoms with E-state index in [4.69, 9.17) is 0 Å². The van der Waals surface area contributed by atoms with Crippen LogP contribution in [0.15, 0.2) is 6.20 Å². The Balaban J connectivity index is 2.18. The Morgan fingerprint density at radius 2 is 2.12 bits per heavy atom. The average molecular weight is 235 g/mol. The van der Waals surface area contributed by atoms with Gasteiger partial charge in [0.15, 0.2) is 0 Å². The van der Waals surface area contributed by atoms with Crippen molar-refractivity contribution in [2.24, 2.45) is 13.0 Å². The molecule has 1 aliphatic rings. The number of hydrogen-bond acceptors (Lipinski definition) is 2. The molecule has 0 saturated heterocycles. The third kappa shape index (κ3) is 2.89. The van der Waals surface area contributed by atoms with Crippen LogP contribution in [0.5, 0.6) is 0 Å². The fourth-order valence-corrected chi connectivity index (χ4v) is 3.14. The average Bonchev–Trinajstić information content (AvgIpc) is 2.66. The third-order valence-electron chi connectivity index (χ3n) is 3.93. The summed E-state index contributed by atoms with van der Waals surface area (Å²) in [5, 5.41) is 8.16. The van der Waals surface area contributed by atoms with Crippen LogP contribution in [0.3, 0.4) is 0 Å². The molecule has 0 radical (unpaired) electrons. The second kappa shape index (κ2) is 5.67. The van der Waals surface area contributed by atoms with Gasteiger partial charge in [0.25, 0.3) is 0 Å². The van der Waals surface area contributed by atoms with E-state index in [1.807, 2.05) is 11.7 Å². The van der Waals surface area contributed by atoms with Crippen molar-refractivity contribution in [3.63, 3.8) is 0 Å². The maximum absolute atomic E-state index is 4.49. The number of hydrogen-bond donors (Lipinski definition) is 1. The summed E-state index contributed by atoms with van der Waals surface area (Å²) in [5.74, 6) is 0.798. The van der Waals surface area contributed by atoms with E-state index in [9.17, 15) is 0 Å². The molecule has 0 aliphatic heterocycles. The molecule has 1 saturated carbocycles. The maximum atomic E-state index is 4.49. The van der Waals surface area contributed by atoms with Crippen molar-refractivity contribution in [3.8, 4) is 0 Å². The van der Waals surface area contributed by atoms with Crippen LogP contribution in [0.25, 0.3) is 0 Å². The van der Waals surface area contributed by atoms with Gasteiger partial charge in [0.2, 0.25) is 0 Å². The largest absolute Gasteiger partial charge is 0.310 e. The molecule has 1 aromatic rings. The number of nitrogens with one attached hydrogen (secondary N) is 1. The first kappa shape index (κ1) is 12.6. The highest BCUT2D eigenvalue weighted by molar-refractivity contribution is 5.21. The van der Waals surface area contributed by atoms with Crippen LogP contribution >= 0.6 is 0 Å². The second-order valence-corrected chi connectivity index (χ2v) is 5.28. The van der Waals surface area contributed by atoms with Gasteiger partial charge >= 0.3 is 0 Å². The lowest BCUT2D eigenvalue weighted by molar-refractivity contribution is 0.274. The van der Waals surface area contributed by atoms with Gasteiger partial charge in [-0.05, 0) is 32.2 Å². The molecular formula is C14H25N3. The predicted octanol–water partition coefficient (Wildman–Crippen LogP) is 2.96. The summed E-state index contributed by atoms with van der Waals surface area (Å²) in [7, 11) is 2.01. The van der Waals surface area contributed by atoms with E-state index in [0.29, 0.717) is 6.04 Å². The van der Waals surface area contributed by atoms with E-state index >= 15 is 0 Å². The molecule has 96 valence electrons. The zero-order valence-corrected chi connectivity index (χ0v) is 11.4. The molecule has 0 bridgehead atoms. The van der Waals surface area contributed by atoms with E-state index in [-0.39, 0.29) is 0 Å². The van der Waals surface area contributed by atoms with E-state index < -0.39 is 0 Å². The monoisotopic (exact) mass is 235 g/mol. The van der Waals surface area contributed by atoms with Crippen molar-refractivity contribution in [2.45, 2.75) is 52.0 Å². The van der Waals surface area contributed by atoms with Gasteiger partial charge in [-0.25, -0.2) is 0 Å². The van der Waals surface area contributed by atoms with E-state index in [2.05, 4.69) is 30.5 Å². The fraction of sp³-hybridized carbons (Fsp3) is 0.786. The first-order chi connectivity index (χ1) is 8.22. The van der Waals surface area contributed by atoms with Gasteiger partial charge < -0.3 is 5.32 Å². The number of nitrogens with zero attached hydrogens (tertiary/aromatic N) is 2. The van der Waals surface area contributed by atoms with Crippen molar-refractivity contribution in [1.82, 2.24) is 15.1 Å². The molecule has 0 spiro atoms. The zero-order chi connectivity index (χ0) is 12.3. The van der Waals surface area contributed by atoms with Crippen LogP contribution in [0.4, 0.5) is 0 Å². The first-order valence-corrected chi connectivity index (χ1v) is 6.96. The predicted molar refractivity (Wildman–Crippen MR) is 70.9 cm³/mol. The molecule has 1 unspecified atom stereocenters. The number of aromatic nitrogens is 2. The fourth-order valence-electron chi connectivity index (χ4n) is 3.14. The Bertz CT molecular complexity index is 350. The van der Waals surface area contributed by atoms with Crippen LogP contribution in [0.2, 0.25) is 0 Å². The Kier molecular flexibility index (Phi) is 4.21. The lowest BCUT2D eigenvalue weighted by atomic mass is 9.81. The minimum Gasteiger partial charge on any atom is -0.310 e. The number of rotatable bonds is 4. The van der Waals surface area contributed by atoms with Crippen molar-refractivity contribution in [2.75, 3.05) is 6.54 Å². The molecule has 1 fully saturated rings. The molecule has 1 heterocycles. The van der Waals surface area contributed by atoms with Crippen LogP contribution in [0, 0.1) is 12.8 Å². The maximum Gasteiger partial charge on any atom is 0.0641 e. The summed E-state index contributed by atoms with van der Waals surface area (Å²) in [6.07, 6.45) is 9.13. The summed E-state index contributed by atoms with van der Waals surface area (Å²) in [6, 6.07) is 0.508. The smallest absolute Gasteiger partial charge is 0.0641 e. The van der Waals surface area contributed by atoms with Crippen molar-refractivity contribution in [1.29, 1.82) is 0 Å². The van der Waals surface area contributed by atoms with Gasteiger partial charge in [-0.1, -0.05) is 26.2 Å². The summed E-state index contributed by atoms with van der Waals surface area (Å²) < 4.78 is 1.94. The Morgan fingerprint density at radius 1 is 1.41 bits per heavy atom. The summed E-state index contributed by atoms with van der Waals surface area (Å²) in [6.45, 7) is 5.36. The summed E-state index contributed by atoms with van der Waals surface area (Å²) in [5.41, 5.74) is 2.59. The highest BCUT2D eigenvalue weighted by Gasteiger charge is 2.26. The highest BCUT2D eigenvalue weighted by atomic mass is 15.3. The zero-order valence-electron chi connectivity index (χ0n) is 11.4. The van der Waals surface area contributed by atoms with Crippen LogP contribution in [0.1, 0.15) is 56.3 Å². The molecule has 0 amide bonds. The van der Waals surface area contributed by atoms with Crippen LogP contribution in [-0.2, 0) is 7.05 Å². The highest BCUT2D eigenvalue weighted by Crippen LogP contribution is 2.35. The Hall–Kier alpha value is -0.830. The van der Waals surface area contributed by atoms with E-state index in [0.717, 1.165) is 12.5 Å². The van der Waals surface area contributed by atoms with Crippen molar-refractivity contribution >= 4 is 0 Å². The molecule has 2 rings (SSSR count). The SMILES string of the molecule is CCNC(c1cn(C)nc1C)C1CCCCC1. The third-order valence-corrected chi connectivity index (χ3v) is 3.93. The molecule has 3 nitrogen and oxygen atoms in total. The molecular weight excluding hydrogens is 210 g/mol. The van der Waals surface area contributed by atoms with Gasteiger partial charge in [0.05, 0.1) is 5.69 Å². The minimum absolute atomic E-state index is 0.508. The Labute approximate surface area is 105 Å². The van der Waals surface area contributed by atoms with E-state index in [1.54, 1.807) is 0 Å². The number of aryl methyl sites for hydroxylation is 2. The molecule has 3 heteroatoms. The minimum atomic E-state index is 0.508. The van der Waals surface area contributed by atoms with Crippen molar-refractivity contribution < 1.29 is 0 Å². The van der Waals surface area contributed by atoms with Crippen LogP contribution < -0.4 is 5.32 Å². The molecule has 1 N–H and O–H groups in total. The molecule has 1 aliphatic carbocycles. The molecule has 1 atom stereocenters. The van der Waals surface area contributed by atoms with Gasteiger partial charge in [-0.3, -0.25) is 4.68 Å². The molecule has 0 aromatic carbocycles.